The molecule has 1 unspecified atom stereocenters. The number of ketones is 1. The Labute approximate surface area is 204 Å². The SMILES string of the molecule is CCCCCOc1ccc(/C(O)=C2/C(=O)C(=O)N(c3ccc(OC)cc3)C2c2ccncc2)cc1. The second-order valence-corrected chi connectivity index (χ2v) is 8.23. The van der Waals surface area contributed by atoms with Crippen molar-refractivity contribution < 1.29 is 24.2 Å². The van der Waals surface area contributed by atoms with E-state index in [0.717, 1.165) is 19.3 Å². The van der Waals surface area contributed by atoms with Crippen LogP contribution in [0.1, 0.15) is 43.4 Å². The minimum absolute atomic E-state index is 0.0219. The first kappa shape index (κ1) is 24.0. The van der Waals surface area contributed by atoms with E-state index in [2.05, 4.69) is 11.9 Å². The van der Waals surface area contributed by atoms with Crippen molar-refractivity contribution >= 4 is 23.1 Å². The molecule has 1 amide bonds. The number of amides is 1. The largest absolute Gasteiger partial charge is 0.507 e. The van der Waals surface area contributed by atoms with Crippen LogP contribution in [0.4, 0.5) is 5.69 Å². The molecule has 2 aromatic carbocycles. The number of methoxy groups -OCH3 is 1. The van der Waals surface area contributed by atoms with Gasteiger partial charge in [-0.05, 0) is 72.6 Å². The van der Waals surface area contributed by atoms with Crippen LogP contribution in [0.15, 0.2) is 78.6 Å². The van der Waals surface area contributed by atoms with E-state index >= 15 is 0 Å². The monoisotopic (exact) mass is 472 g/mol. The quantitative estimate of drug-likeness (QED) is 0.197. The molecular weight excluding hydrogens is 444 g/mol. The van der Waals surface area contributed by atoms with E-state index in [1.54, 1.807) is 80.2 Å². The zero-order valence-corrected chi connectivity index (χ0v) is 19.8. The minimum atomic E-state index is -0.809. The molecule has 0 aliphatic carbocycles. The van der Waals surface area contributed by atoms with Crippen molar-refractivity contribution in [2.45, 2.75) is 32.2 Å². The van der Waals surface area contributed by atoms with Gasteiger partial charge in [0.1, 0.15) is 17.3 Å². The molecule has 3 aromatic rings. The second-order valence-electron chi connectivity index (χ2n) is 8.23. The Morgan fingerprint density at radius 2 is 1.60 bits per heavy atom. The molecule has 180 valence electrons. The maximum Gasteiger partial charge on any atom is 0.300 e. The number of nitrogens with zero attached hydrogens (tertiary/aromatic N) is 2. The standard InChI is InChI=1S/C28H28N2O5/c1-3-4-5-18-35-23-10-6-20(7-11-23)26(31)24-25(19-14-16-29-17-15-19)30(28(33)27(24)32)21-8-12-22(34-2)13-9-21/h6-17,25,31H,3-5,18H2,1-2H3/b26-24-. The molecule has 7 heteroatoms. The zero-order chi connectivity index (χ0) is 24.8. The number of hydrogen-bond acceptors (Lipinski definition) is 6. The van der Waals surface area contributed by atoms with Gasteiger partial charge in [0, 0.05) is 23.6 Å². The highest BCUT2D eigenvalue weighted by atomic mass is 16.5. The predicted octanol–water partition coefficient (Wildman–Crippen LogP) is 5.29. The number of aliphatic hydroxyl groups is 1. The normalized spacial score (nSPS) is 17.0. The molecule has 0 bridgehead atoms. The van der Waals surface area contributed by atoms with Crippen molar-refractivity contribution in [1.29, 1.82) is 0 Å². The summed E-state index contributed by atoms with van der Waals surface area (Å²) < 4.78 is 11.0. The molecule has 35 heavy (non-hydrogen) atoms. The highest BCUT2D eigenvalue weighted by Crippen LogP contribution is 2.42. The molecule has 2 heterocycles. The summed E-state index contributed by atoms with van der Waals surface area (Å²) in [6, 6.07) is 16.4. The van der Waals surface area contributed by atoms with E-state index in [0.29, 0.717) is 34.9 Å². The summed E-state index contributed by atoms with van der Waals surface area (Å²) in [6.45, 7) is 2.75. The molecule has 1 N–H and O–H groups in total. The predicted molar refractivity (Wildman–Crippen MR) is 133 cm³/mol. The summed E-state index contributed by atoms with van der Waals surface area (Å²) in [5, 5.41) is 11.2. The summed E-state index contributed by atoms with van der Waals surface area (Å²) in [5.74, 6) is -0.391. The zero-order valence-electron chi connectivity index (χ0n) is 19.8. The van der Waals surface area contributed by atoms with E-state index in [4.69, 9.17) is 9.47 Å². The van der Waals surface area contributed by atoms with Crippen LogP contribution in [0.3, 0.4) is 0 Å². The molecule has 7 nitrogen and oxygen atoms in total. The Kier molecular flexibility index (Phi) is 7.45. The molecule has 0 spiro atoms. The second kappa shape index (κ2) is 10.9. The van der Waals surface area contributed by atoms with Gasteiger partial charge in [-0.3, -0.25) is 19.5 Å². The van der Waals surface area contributed by atoms with Crippen molar-refractivity contribution in [1.82, 2.24) is 4.98 Å². The molecule has 1 atom stereocenters. The first-order valence-corrected chi connectivity index (χ1v) is 11.6. The number of rotatable bonds is 9. The van der Waals surface area contributed by atoms with Gasteiger partial charge in [0.2, 0.25) is 0 Å². The van der Waals surface area contributed by atoms with Crippen LogP contribution in [0.2, 0.25) is 0 Å². The third-order valence-corrected chi connectivity index (χ3v) is 5.96. The fourth-order valence-electron chi connectivity index (χ4n) is 4.11. The molecule has 1 saturated heterocycles. The van der Waals surface area contributed by atoms with Crippen LogP contribution in [-0.2, 0) is 9.59 Å². The molecule has 1 aliphatic rings. The number of carbonyl (C=O) groups excluding carboxylic acids is 2. The van der Waals surface area contributed by atoms with Gasteiger partial charge in [-0.1, -0.05) is 19.8 Å². The van der Waals surface area contributed by atoms with Gasteiger partial charge in [0.05, 0.1) is 25.3 Å². The van der Waals surface area contributed by atoms with Crippen molar-refractivity contribution in [3.8, 4) is 11.5 Å². The first-order valence-electron chi connectivity index (χ1n) is 11.6. The summed E-state index contributed by atoms with van der Waals surface area (Å²) in [7, 11) is 1.56. The van der Waals surface area contributed by atoms with Crippen LogP contribution in [0.5, 0.6) is 11.5 Å². The lowest BCUT2D eigenvalue weighted by molar-refractivity contribution is -0.132. The minimum Gasteiger partial charge on any atom is -0.507 e. The van der Waals surface area contributed by atoms with Crippen LogP contribution in [0, 0.1) is 0 Å². The highest BCUT2D eigenvalue weighted by Gasteiger charge is 2.46. The maximum atomic E-state index is 13.2. The summed E-state index contributed by atoms with van der Waals surface area (Å²) in [6.07, 6.45) is 6.37. The Bertz CT molecular complexity index is 1200. The summed E-state index contributed by atoms with van der Waals surface area (Å²) >= 11 is 0. The molecule has 1 aromatic heterocycles. The van der Waals surface area contributed by atoms with E-state index in [1.807, 2.05) is 0 Å². The van der Waals surface area contributed by atoms with Gasteiger partial charge in [0.25, 0.3) is 11.7 Å². The Morgan fingerprint density at radius 3 is 2.23 bits per heavy atom. The van der Waals surface area contributed by atoms with Gasteiger partial charge >= 0.3 is 0 Å². The third-order valence-electron chi connectivity index (χ3n) is 5.96. The topological polar surface area (TPSA) is 89.0 Å². The van der Waals surface area contributed by atoms with E-state index in [-0.39, 0.29) is 11.3 Å². The molecule has 1 fully saturated rings. The average Bonchev–Trinajstić information content (AvgIpc) is 3.17. The highest BCUT2D eigenvalue weighted by molar-refractivity contribution is 6.51. The number of aromatic nitrogens is 1. The van der Waals surface area contributed by atoms with Gasteiger partial charge in [-0.25, -0.2) is 0 Å². The fraction of sp³-hybridized carbons (Fsp3) is 0.250. The van der Waals surface area contributed by atoms with Gasteiger partial charge < -0.3 is 14.6 Å². The van der Waals surface area contributed by atoms with E-state index in [9.17, 15) is 14.7 Å². The van der Waals surface area contributed by atoms with Crippen molar-refractivity contribution in [3.63, 3.8) is 0 Å². The maximum absolute atomic E-state index is 13.2. The van der Waals surface area contributed by atoms with Crippen LogP contribution in [-0.4, -0.2) is 35.5 Å². The van der Waals surface area contributed by atoms with Crippen LogP contribution in [0.25, 0.3) is 5.76 Å². The van der Waals surface area contributed by atoms with E-state index < -0.39 is 17.7 Å². The van der Waals surface area contributed by atoms with Gasteiger partial charge in [-0.2, -0.15) is 0 Å². The van der Waals surface area contributed by atoms with Crippen LogP contribution < -0.4 is 14.4 Å². The van der Waals surface area contributed by atoms with Gasteiger partial charge in [0.15, 0.2) is 0 Å². The van der Waals surface area contributed by atoms with Crippen molar-refractivity contribution in [3.05, 3.63) is 89.8 Å². The summed E-state index contributed by atoms with van der Waals surface area (Å²) in [4.78, 5) is 31.8. The number of benzene rings is 2. The van der Waals surface area contributed by atoms with Gasteiger partial charge in [-0.15, -0.1) is 0 Å². The lowest BCUT2D eigenvalue weighted by Crippen LogP contribution is -2.29. The lowest BCUT2D eigenvalue weighted by Gasteiger charge is -2.25. The number of unbranched alkanes of at least 4 members (excludes halogenated alkanes) is 2. The molecule has 0 radical (unpaired) electrons. The molecular formula is C28H28N2O5. The third kappa shape index (κ3) is 5.04. The lowest BCUT2D eigenvalue weighted by atomic mass is 9.95. The molecule has 0 saturated carbocycles. The average molecular weight is 473 g/mol. The number of carbonyl (C=O) groups is 2. The van der Waals surface area contributed by atoms with E-state index in [1.165, 1.54) is 4.90 Å². The number of ether oxygens (including phenoxy) is 2. The first-order chi connectivity index (χ1) is 17.0. The Balaban J connectivity index is 1.72. The van der Waals surface area contributed by atoms with Crippen molar-refractivity contribution in [2.75, 3.05) is 18.6 Å². The number of pyridine rings is 1. The molecule has 1 aliphatic heterocycles. The Morgan fingerprint density at radius 1 is 0.943 bits per heavy atom. The Hall–Kier alpha value is -4.13. The number of hydrogen-bond donors (Lipinski definition) is 1. The summed E-state index contributed by atoms with van der Waals surface area (Å²) in [5.41, 5.74) is 1.63. The smallest absolute Gasteiger partial charge is 0.300 e. The number of aliphatic hydroxyl groups excluding tert-OH is 1. The number of Topliss-reactive ketones (excluding diaryl/α,β-unsaturated/α-hetero) is 1. The van der Waals surface area contributed by atoms with Crippen molar-refractivity contribution in [2.24, 2.45) is 0 Å². The van der Waals surface area contributed by atoms with Crippen LogP contribution >= 0.6 is 0 Å². The number of anilines is 1. The molecule has 4 rings (SSSR count). The fourth-order valence-corrected chi connectivity index (χ4v) is 4.11.